The zero-order chi connectivity index (χ0) is 64.7. The largest absolute Gasteiger partial charge is 0.394 e. The molecule has 3 aliphatic heterocycles. The maximum absolute atomic E-state index is 13.4. The van der Waals surface area contributed by atoms with Gasteiger partial charge in [-0.15, -0.1) is 0 Å². The molecule has 17 unspecified atom stereocenters. The monoisotopic (exact) mass is 1270 g/mol. The van der Waals surface area contributed by atoms with Gasteiger partial charge in [-0.1, -0.05) is 228 Å². The number of unbranched alkanes of at least 4 members (excludes halogenated alkanes) is 26. The van der Waals surface area contributed by atoms with E-state index in [1.165, 1.54) is 128 Å². The number of ether oxygens (including phenoxy) is 6. The fourth-order valence-electron chi connectivity index (χ4n) is 11.4. The predicted molar refractivity (Wildman–Crippen MR) is 346 cm³/mol. The number of aliphatic hydroxyl groups excluding tert-OH is 11. The molecule has 0 radical (unpaired) electrons. The van der Waals surface area contributed by atoms with Crippen molar-refractivity contribution in [1.29, 1.82) is 0 Å². The van der Waals surface area contributed by atoms with Crippen LogP contribution in [0.3, 0.4) is 0 Å². The molecule has 0 aromatic heterocycles. The van der Waals surface area contributed by atoms with Gasteiger partial charge in [0, 0.05) is 6.42 Å². The van der Waals surface area contributed by atoms with Crippen molar-refractivity contribution in [2.24, 2.45) is 0 Å². The van der Waals surface area contributed by atoms with Crippen molar-refractivity contribution in [2.75, 3.05) is 26.4 Å². The lowest BCUT2D eigenvalue weighted by Crippen LogP contribution is -2.66. The highest BCUT2D eigenvalue weighted by Gasteiger charge is 2.53. The molecular formula is C70H123NO18. The molecule has 0 aliphatic carbocycles. The minimum Gasteiger partial charge on any atom is -0.394 e. The predicted octanol–water partition coefficient (Wildman–Crippen LogP) is 8.94. The van der Waals surface area contributed by atoms with Gasteiger partial charge in [-0.2, -0.15) is 0 Å². The first-order chi connectivity index (χ1) is 43.3. The van der Waals surface area contributed by atoms with Crippen LogP contribution in [0.4, 0.5) is 0 Å². The lowest BCUT2D eigenvalue weighted by molar-refractivity contribution is -0.379. The quantitative estimate of drug-likeness (QED) is 0.0200. The summed E-state index contributed by atoms with van der Waals surface area (Å²) < 4.78 is 34.3. The summed E-state index contributed by atoms with van der Waals surface area (Å²) in [5, 5.41) is 120. The van der Waals surface area contributed by atoms with Gasteiger partial charge in [0.05, 0.1) is 38.6 Å². The summed E-state index contributed by atoms with van der Waals surface area (Å²) in [4.78, 5) is 13.4. The number of hydrogen-bond acceptors (Lipinski definition) is 18. The third-order valence-electron chi connectivity index (χ3n) is 17.0. The topological polar surface area (TPSA) is 307 Å². The molecule has 0 aromatic carbocycles. The third kappa shape index (κ3) is 33.8. The third-order valence-corrected chi connectivity index (χ3v) is 17.0. The molecule has 19 nitrogen and oxygen atoms in total. The van der Waals surface area contributed by atoms with Crippen LogP contribution in [-0.2, 0) is 33.2 Å². The highest BCUT2D eigenvalue weighted by atomic mass is 16.8. The van der Waals surface area contributed by atoms with Crippen LogP contribution in [-0.4, -0.2) is 193 Å². The summed E-state index contributed by atoms with van der Waals surface area (Å²) in [6.07, 6.45) is 37.5. The van der Waals surface area contributed by atoms with Crippen LogP contribution in [0.5, 0.6) is 0 Å². The van der Waals surface area contributed by atoms with E-state index in [1.807, 2.05) is 6.08 Å². The average Bonchev–Trinajstić information content (AvgIpc) is 2.22. The molecule has 3 saturated heterocycles. The van der Waals surface area contributed by atoms with E-state index in [1.54, 1.807) is 6.08 Å². The van der Waals surface area contributed by atoms with Crippen LogP contribution in [0, 0.1) is 0 Å². The van der Waals surface area contributed by atoms with Crippen LogP contribution in [0.1, 0.15) is 232 Å². The van der Waals surface area contributed by atoms with Crippen molar-refractivity contribution >= 4 is 5.91 Å². The van der Waals surface area contributed by atoms with E-state index in [9.17, 15) is 61.0 Å². The number of allylic oxidation sites excluding steroid dienone is 11. The van der Waals surface area contributed by atoms with Crippen molar-refractivity contribution in [3.05, 3.63) is 72.9 Å². The number of carbonyl (C=O) groups is 1. The highest BCUT2D eigenvalue weighted by Crippen LogP contribution is 2.33. The van der Waals surface area contributed by atoms with E-state index in [4.69, 9.17) is 28.4 Å². The molecule has 0 bridgehead atoms. The van der Waals surface area contributed by atoms with Gasteiger partial charge < -0.3 is 89.9 Å². The van der Waals surface area contributed by atoms with E-state index in [0.29, 0.717) is 12.8 Å². The molecule has 0 aromatic rings. The smallest absolute Gasteiger partial charge is 0.220 e. The van der Waals surface area contributed by atoms with Gasteiger partial charge in [-0.3, -0.25) is 4.79 Å². The first-order valence-corrected chi connectivity index (χ1v) is 34.7. The molecule has 3 heterocycles. The van der Waals surface area contributed by atoms with Gasteiger partial charge in [0.2, 0.25) is 5.91 Å². The lowest BCUT2D eigenvalue weighted by Gasteiger charge is -2.48. The molecule has 19 heteroatoms. The minimum atomic E-state index is -1.99. The van der Waals surface area contributed by atoms with Crippen LogP contribution >= 0.6 is 0 Å². The van der Waals surface area contributed by atoms with Gasteiger partial charge in [-0.25, -0.2) is 0 Å². The van der Waals surface area contributed by atoms with E-state index >= 15 is 0 Å². The Balaban J connectivity index is 1.45. The summed E-state index contributed by atoms with van der Waals surface area (Å²) in [6, 6.07) is -1.01. The summed E-state index contributed by atoms with van der Waals surface area (Å²) in [7, 11) is 0. The van der Waals surface area contributed by atoms with Crippen molar-refractivity contribution in [3.8, 4) is 0 Å². The Morgan fingerprint density at radius 1 is 0.416 bits per heavy atom. The van der Waals surface area contributed by atoms with Crippen molar-refractivity contribution < 1.29 is 89.4 Å². The van der Waals surface area contributed by atoms with Crippen molar-refractivity contribution in [1.82, 2.24) is 5.32 Å². The number of amides is 1. The molecule has 17 atom stereocenters. The summed E-state index contributed by atoms with van der Waals surface area (Å²) in [5.74, 6) is -0.310. The maximum atomic E-state index is 13.4. The molecule has 3 fully saturated rings. The Morgan fingerprint density at radius 2 is 0.787 bits per heavy atom. The average molecular weight is 1270 g/mol. The first-order valence-electron chi connectivity index (χ1n) is 34.7. The molecular weight excluding hydrogens is 1140 g/mol. The summed E-state index contributed by atoms with van der Waals surface area (Å²) in [5.41, 5.74) is 0. The molecule has 89 heavy (non-hydrogen) atoms. The Hall–Kier alpha value is -2.77. The van der Waals surface area contributed by atoms with Crippen molar-refractivity contribution in [2.45, 2.75) is 336 Å². The minimum absolute atomic E-state index is 0.204. The zero-order valence-corrected chi connectivity index (χ0v) is 54.4. The van der Waals surface area contributed by atoms with E-state index in [-0.39, 0.29) is 18.9 Å². The number of hydrogen-bond donors (Lipinski definition) is 12. The van der Waals surface area contributed by atoms with Crippen LogP contribution in [0.15, 0.2) is 72.9 Å². The normalized spacial score (nSPS) is 28.7. The number of rotatable bonds is 52. The van der Waals surface area contributed by atoms with Gasteiger partial charge in [0.1, 0.15) is 73.2 Å². The molecule has 0 saturated carbocycles. The van der Waals surface area contributed by atoms with E-state index in [2.05, 4.69) is 79.9 Å². The highest BCUT2D eigenvalue weighted by molar-refractivity contribution is 5.76. The SMILES string of the molecule is CC/C=C\C/C=C\C/C=C\C/C=C\CCCCCCC(=O)NC(COC1OC(CO)C(OC2OC(CO)C(OC3OC(CO)C(O)C(O)C3O)C(O)C2O)C(O)C1O)C(O)/C=C/CC/C=C/CCCCCCCCCCCCCCCCCCCCCCC. The molecule has 3 rings (SSSR count). The number of carbonyl (C=O) groups excluding carboxylic acids is 1. The summed E-state index contributed by atoms with van der Waals surface area (Å²) >= 11 is 0. The molecule has 0 spiro atoms. The second-order valence-electron chi connectivity index (χ2n) is 24.6. The van der Waals surface area contributed by atoms with Crippen LogP contribution < -0.4 is 5.32 Å². The molecule has 3 aliphatic rings. The fraction of sp³-hybridized carbons (Fsp3) is 0.814. The van der Waals surface area contributed by atoms with Gasteiger partial charge in [0.25, 0.3) is 0 Å². The molecule has 12 N–H and O–H groups in total. The Bertz CT molecular complexity index is 1900. The van der Waals surface area contributed by atoms with Crippen molar-refractivity contribution in [3.63, 3.8) is 0 Å². The van der Waals surface area contributed by atoms with Gasteiger partial charge >= 0.3 is 0 Å². The lowest BCUT2D eigenvalue weighted by atomic mass is 9.96. The van der Waals surface area contributed by atoms with Gasteiger partial charge in [0.15, 0.2) is 18.9 Å². The van der Waals surface area contributed by atoms with E-state index < -0.39 is 124 Å². The van der Waals surface area contributed by atoms with Crippen LogP contribution in [0.2, 0.25) is 0 Å². The second kappa shape index (κ2) is 51.6. The maximum Gasteiger partial charge on any atom is 0.220 e. The van der Waals surface area contributed by atoms with E-state index in [0.717, 1.165) is 70.6 Å². The second-order valence-corrected chi connectivity index (χ2v) is 24.6. The fourth-order valence-corrected chi connectivity index (χ4v) is 11.4. The standard InChI is InChI=1S/C70H123NO18/c1-3-5-7-9-11-13-15-17-19-21-22-23-24-25-26-27-28-29-30-32-33-35-37-39-41-43-45-47-54(75)53(71-58(76)48-46-44-42-40-38-36-34-31-20-18-16-14-12-10-8-6-4-2)52-84-68-64(82)61(79)66(56(50-73)86-68)89-70-65(83)62(80)67(57(51-74)87-70)88-69-63(81)60(78)59(77)55(49-72)85-69/h6,8,12,14,18,20,34,36-37,39,45,47,53-57,59-70,72-75,77-83H,3-5,7,9-11,13,15-17,19,21-33,35,38,40-44,46,48-52H2,1-2H3,(H,71,76)/b8-6-,14-12-,20-18-,36-34-,39-37+,47-45+. The number of aliphatic hydroxyl groups is 11. The molecule has 516 valence electrons. The Morgan fingerprint density at radius 3 is 1.26 bits per heavy atom. The van der Waals surface area contributed by atoms with Crippen LogP contribution in [0.25, 0.3) is 0 Å². The zero-order valence-electron chi connectivity index (χ0n) is 54.4. The van der Waals surface area contributed by atoms with Gasteiger partial charge in [-0.05, 0) is 70.6 Å². The molecule has 1 amide bonds. The Kier molecular flexibility index (Phi) is 46.7. The first kappa shape index (κ1) is 80.5. The Labute approximate surface area is 534 Å². The summed E-state index contributed by atoms with van der Waals surface area (Å²) in [6.45, 7) is 1.58. The number of nitrogens with one attached hydrogen (secondary N) is 1.